The molecule has 0 fully saturated rings. The molecule has 2 rings (SSSR count). The number of hydrogen-bond donors (Lipinski definition) is 2. The van der Waals surface area contributed by atoms with Gasteiger partial charge in [-0.1, -0.05) is 12.1 Å². The highest BCUT2D eigenvalue weighted by atomic mass is 19.4. The van der Waals surface area contributed by atoms with Gasteiger partial charge in [-0.2, -0.15) is 0 Å². The molecule has 0 aliphatic rings. The second-order valence-corrected chi connectivity index (χ2v) is 5.15. The van der Waals surface area contributed by atoms with Crippen LogP contribution in [0.15, 0.2) is 48.5 Å². The molecule has 0 spiro atoms. The average molecular weight is 356 g/mol. The van der Waals surface area contributed by atoms with Crippen LogP contribution in [-0.2, 0) is 11.2 Å². The van der Waals surface area contributed by atoms with Crippen LogP contribution < -0.4 is 15.4 Å². The second kappa shape index (κ2) is 8.36. The molecule has 2 aromatic carbocycles. The van der Waals surface area contributed by atoms with Gasteiger partial charge >= 0.3 is 6.36 Å². The molecular weight excluding hydrogens is 340 g/mol. The number of amides is 1. The lowest BCUT2D eigenvalue weighted by Gasteiger charge is -2.10. The van der Waals surface area contributed by atoms with Crippen molar-refractivity contribution in [1.29, 1.82) is 0 Å². The number of halogens is 4. The summed E-state index contributed by atoms with van der Waals surface area (Å²) in [5.41, 5.74) is 1.39. The summed E-state index contributed by atoms with van der Waals surface area (Å²) in [6.45, 7) is 0.368. The maximum Gasteiger partial charge on any atom is 0.573 e. The smallest absolute Gasteiger partial charge is 0.406 e. The zero-order valence-corrected chi connectivity index (χ0v) is 13.1. The number of anilines is 1. The Morgan fingerprint density at radius 3 is 2.24 bits per heavy atom. The fourth-order valence-corrected chi connectivity index (χ4v) is 2.02. The highest BCUT2D eigenvalue weighted by Crippen LogP contribution is 2.23. The van der Waals surface area contributed by atoms with E-state index in [1.807, 2.05) is 0 Å². The Morgan fingerprint density at radius 2 is 1.64 bits per heavy atom. The van der Waals surface area contributed by atoms with Crippen LogP contribution in [0.25, 0.3) is 0 Å². The third-order valence-corrected chi connectivity index (χ3v) is 3.19. The Morgan fingerprint density at radius 1 is 1.00 bits per heavy atom. The fourth-order valence-electron chi connectivity index (χ4n) is 2.02. The Hall–Kier alpha value is -2.77. The SMILES string of the molecule is O=C(CNc1ccc(OC(F)(F)F)cc1)NCCc1ccc(F)cc1. The van der Waals surface area contributed by atoms with E-state index in [4.69, 9.17) is 0 Å². The molecule has 0 atom stereocenters. The molecule has 0 aliphatic heterocycles. The average Bonchev–Trinajstić information content (AvgIpc) is 2.55. The van der Waals surface area contributed by atoms with Gasteiger partial charge in [0, 0.05) is 12.2 Å². The predicted molar refractivity (Wildman–Crippen MR) is 84.7 cm³/mol. The van der Waals surface area contributed by atoms with Crippen molar-refractivity contribution >= 4 is 11.6 Å². The largest absolute Gasteiger partial charge is 0.573 e. The molecule has 0 saturated carbocycles. The van der Waals surface area contributed by atoms with E-state index in [1.54, 1.807) is 12.1 Å². The van der Waals surface area contributed by atoms with Crippen LogP contribution >= 0.6 is 0 Å². The van der Waals surface area contributed by atoms with Crippen molar-refractivity contribution in [2.24, 2.45) is 0 Å². The van der Waals surface area contributed by atoms with Gasteiger partial charge in [-0.05, 0) is 48.4 Å². The summed E-state index contributed by atoms with van der Waals surface area (Å²) >= 11 is 0. The van der Waals surface area contributed by atoms with E-state index >= 15 is 0 Å². The minimum Gasteiger partial charge on any atom is -0.406 e. The van der Waals surface area contributed by atoms with Crippen molar-refractivity contribution in [3.63, 3.8) is 0 Å². The summed E-state index contributed by atoms with van der Waals surface area (Å²) in [4.78, 5) is 11.7. The molecule has 0 unspecified atom stereocenters. The van der Waals surface area contributed by atoms with Gasteiger partial charge < -0.3 is 15.4 Å². The summed E-state index contributed by atoms with van der Waals surface area (Å²) < 4.78 is 52.7. The van der Waals surface area contributed by atoms with Crippen LogP contribution in [0.1, 0.15) is 5.56 Å². The predicted octanol–water partition coefficient (Wildman–Crippen LogP) is 3.50. The Labute approximate surface area is 141 Å². The lowest BCUT2D eigenvalue weighted by molar-refractivity contribution is -0.274. The molecule has 0 bridgehead atoms. The van der Waals surface area contributed by atoms with Crippen LogP contribution in [0.4, 0.5) is 23.2 Å². The first kappa shape index (κ1) is 18.6. The van der Waals surface area contributed by atoms with Gasteiger partial charge in [0.05, 0.1) is 6.54 Å². The number of nitrogens with one attached hydrogen (secondary N) is 2. The van der Waals surface area contributed by atoms with Crippen molar-refractivity contribution in [2.75, 3.05) is 18.4 Å². The first-order valence-electron chi connectivity index (χ1n) is 7.43. The molecule has 8 heteroatoms. The fraction of sp³-hybridized carbons (Fsp3) is 0.235. The topological polar surface area (TPSA) is 50.4 Å². The van der Waals surface area contributed by atoms with E-state index in [9.17, 15) is 22.4 Å². The lowest BCUT2D eigenvalue weighted by atomic mass is 10.1. The molecule has 0 aliphatic carbocycles. The number of hydrogen-bond acceptors (Lipinski definition) is 3. The van der Waals surface area contributed by atoms with Crippen molar-refractivity contribution in [3.8, 4) is 5.75 Å². The van der Waals surface area contributed by atoms with E-state index in [2.05, 4.69) is 15.4 Å². The second-order valence-electron chi connectivity index (χ2n) is 5.15. The van der Waals surface area contributed by atoms with E-state index in [0.717, 1.165) is 17.7 Å². The van der Waals surface area contributed by atoms with Gasteiger partial charge in [-0.15, -0.1) is 13.2 Å². The number of carbonyl (C=O) groups excluding carboxylic acids is 1. The van der Waals surface area contributed by atoms with E-state index < -0.39 is 6.36 Å². The third kappa shape index (κ3) is 7.11. The number of ether oxygens (including phenoxy) is 1. The van der Waals surface area contributed by atoms with Gasteiger partial charge in [0.2, 0.25) is 5.91 Å². The molecule has 4 nitrogen and oxygen atoms in total. The molecule has 2 aromatic rings. The summed E-state index contributed by atoms with van der Waals surface area (Å²) in [7, 11) is 0. The van der Waals surface area contributed by atoms with E-state index in [1.165, 1.54) is 24.3 Å². The summed E-state index contributed by atoms with van der Waals surface area (Å²) in [6.07, 6.45) is -4.17. The molecule has 0 heterocycles. The molecule has 0 saturated heterocycles. The zero-order chi connectivity index (χ0) is 18.3. The van der Waals surface area contributed by atoms with Crippen LogP contribution in [0, 0.1) is 5.82 Å². The van der Waals surface area contributed by atoms with Gasteiger partial charge in [-0.25, -0.2) is 4.39 Å². The van der Waals surface area contributed by atoms with Crippen molar-refractivity contribution in [3.05, 3.63) is 59.9 Å². The first-order chi connectivity index (χ1) is 11.8. The molecule has 0 radical (unpaired) electrons. The van der Waals surface area contributed by atoms with E-state index in [-0.39, 0.29) is 24.0 Å². The molecule has 2 N–H and O–H groups in total. The Bertz CT molecular complexity index is 685. The maximum absolute atomic E-state index is 12.8. The standard InChI is InChI=1S/C17H16F4N2O2/c18-13-3-1-12(2-4-13)9-10-22-16(24)11-23-14-5-7-15(8-6-14)25-17(19,20)21/h1-8,23H,9-11H2,(H,22,24). The minimum absolute atomic E-state index is 0.0249. The number of rotatable bonds is 7. The van der Waals surface area contributed by atoms with Crippen LogP contribution in [0.2, 0.25) is 0 Å². The maximum atomic E-state index is 12.8. The summed E-state index contributed by atoms with van der Waals surface area (Å²) in [6, 6.07) is 11.1. The molecular formula is C17H16F4N2O2. The lowest BCUT2D eigenvalue weighted by Crippen LogP contribution is -2.31. The Balaban J connectivity index is 1.70. The van der Waals surface area contributed by atoms with E-state index in [0.29, 0.717) is 18.7 Å². The molecule has 134 valence electrons. The van der Waals surface area contributed by atoms with Crippen LogP contribution in [0.5, 0.6) is 5.75 Å². The third-order valence-electron chi connectivity index (χ3n) is 3.19. The minimum atomic E-state index is -4.74. The quantitative estimate of drug-likeness (QED) is 0.747. The highest BCUT2D eigenvalue weighted by molar-refractivity contribution is 5.80. The van der Waals surface area contributed by atoms with Gasteiger partial charge in [-0.3, -0.25) is 4.79 Å². The van der Waals surface area contributed by atoms with Crippen molar-refractivity contribution in [2.45, 2.75) is 12.8 Å². The monoisotopic (exact) mass is 356 g/mol. The zero-order valence-electron chi connectivity index (χ0n) is 13.1. The normalized spacial score (nSPS) is 11.0. The number of benzene rings is 2. The molecule has 1 amide bonds. The molecule has 25 heavy (non-hydrogen) atoms. The number of carbonyl (C=O) groups is 1. The van der Waals surface area contributed by atoms with Gasteiger partial charge in [0.15, 0.2) is 0 Å². The number of alkyl halides is 3. The van der Waals surface area contributed by atoms with Crippen LogP contribution in [0.3, 0.4) is 0 Å². The highest BCUT2D eigenvalue weighted by Gasteiger charge is 2.30. The summed E-state index contributed by atoms with van der Waals surface area (Å²) in [5.74, 6) is -0.914. The van der Waals surface area contributed by atoms with Crippen molar-refractivity contribution < 1.29 is 27.1 Å². The summed E-state index contributed by atoms with van der Waals surface area (Å²) in [5, 5.41) is 5.48. The van der Waals surface area contributed by atoms with Crippen LogP contribution in [-0.4, -0.2) is 25.4 Å². The van der Waals surface area contributed by atoms with Gasteiger partial charge in [0.25, 0.3) is 0 Å². The Kier molecular flexibility index (Phi) is 6.21. The van der Waals surface area contributed by atoms with Gasteiger partial charge in [0.1, 0.15) is 11.6 Å². The van der Waals surface area contributed by atoms with Crippen molar-refractivity contribution in [1.82, 2.24) is 5.32 Å². The molecule has 0 aromatic heterocycles. The first-order valence-corrected chi connectivity index (χ1v) is 7.43.